The Hall–Kier alpha value is -0.170. The van der Waals surface area contributed by atoms with Gasteiger partial charge in [-0.25, -0.2) is 18.1 Å². The lowest BCUT2D eigenvalue weighted by Gasteiger charge is -2.13. The van der Waals surface area contributed by atoms with E-state index in [2.05, 4.69) is 16.6 Å². The van der Waals surface area contributed by atoms with Crippen LogP contribution >= 0.6 is 22.9 Å². The molecule has 0 spiro atoms. The number of thiazole rings is 1. The van der Waals surface area contributed by atoms with Crippen molar-refractivity contribution in [3.63, 3.8) is 0 Å². The summed E-state index contributed by atoms with van der Waals surface area (Å²) >= 11 is 6.72. The Bertz CT molecular complexity index is 485. The summed E-state index contributed by atoms with van der Waals surface area (Å²) in [6.07, 6.45) is 4.13. The first-order chi connectivity index (χ1) is 8.36. The highest BCUT2D eigenvalue weighted by atomic mass is 35.5. The molecule has 0 aliphatic carbocycles. The number of nitrogens with one attached hydrogen (secondary N) is 1. The summed E-state index contributed by atoms with van der Waals surface area (Å²) in [5.41, 5.74) is 0.457. The van der Waals surface area contributed by atoms with E-state index in [0.717, 1.165) is 37.0 Å². The van der Waals surface area contributed by atoms with Gasteiger partial charge in [-0.05, 0) is 20.3 Å². The maximum atomic E-state index is 12.1. The number of aryl methyl sites for hydroxylation is 1. The summed E-state index contributed by atoms with van der Waals surface area (Å²) in [4.78, 5) is 3.92. The maximum Gasteiger partial charge on any atom is 0.252 e. The van der Waals surface area contributed by atoms with Gasteiger partial charge in [0, 0.05) is 6.04 Å². The van der Waals surface area contributed by atoms with Crippen LogP contribution in [0.4, 0.5) is 0 Å². The monoisotopic (exact) mass is 310 g/mol. The van der Waals surface area contributed by atoms with Gasteiger partial charge in [0.1, 0.15) is 0 Å². The predicted octanol–water partition coefficient (Wildman–Crippen LogP) is 3.35. The Labute approximate surface area is 118 Å². The maximum absolute atomic E-state index is 12.1. The van der Waals surface area contributed by atoms with E-state index in [9.17, 15) is 8.42 Å². The summed E-state index contributed by atoms with van der Waals surface area (Å²) in [7, 11) is -3.48. The Morgan fingerprint density at radius 1 is 1.44 bits per heavy atom. The Kier molecular flexibility index (Phi) is 6.04. The molecule has 0 aliphatic heterocycles. The van der Waals surface area contributed by atoms with Crippen LogP contribution < -0.4 is 4.72 Å². The lowest BCUT2D eigenvalue weighted by molar-refractivity contribution is 0.528. The fraction of sp³-hybridized carbons (Fsp3) is 0.727. The molecule has 1 atom stereocenters. The average molecular weight is 311 g/mol. The number of aromatic nitrogens is 1. The fourth-order valence-electron chi connectivity index (χ4n) is 1.68. The number of halogens is 1. The van der Waals surface area contributed by atoms with Crippen LogP contribution in [0.5, 0.6) is 0 Å². The zero-order chi connectivity index (χ0) is 13.8. The summed E-state index contributed by atoms with van der Waals surface area (Å²) in [5, 5.41) is 0. The highest BCUT2D eigenvalue weighted by Crippen LogP contribution is 2.26. The molecule has 1 aromatic heterocycles. The molecular weight excluding hydrogens is 292 g/mol. The van der Waals surface area contributed by atoms with E-state index in [1.165, 1.54) is 0 Å². The van der Waals surface area contributed by atoms with E-state index < -0.39 is 10.0 Å². The van der Waals surface area contributed by atoms with Gasteiger partial charge in [-0.1, -0.05) is 49.1 Å². The van der Waals surface area contributed by atoms with E-state index in [-0.39, 0.29) is 14.7 Å². The lowest BCUT2D eigenvalue weighted by atomic mass is 10.1. The molecule has 1 rings (SSSR count). The van der Waals surface area contributed by atoms with Gasteiger partial charge in [0.05, 0.1) is 5.69 Å². The van der Waals surface area contributed by atoms with Crippen molar-refractivity contribution in [1.29, 1.82) is 0 Å². The zero-order valence-electron chi connectivity index (χ0n) is 10.9. The second-order valence-corrected chi connectivity index (χ2v) is 7.85. The van der Waals surface area contributed by atoms with Gasteiger partial charge in [-0.3, -0.25) is 0 Å². The van der Waals surface area contributed by atoms with Crippen molar-refractivity contribution in [3.05, 3.63) is 10.2 Å². The molecule has 1 heterocycles. The first-order valence-electron chi connectivity index (χ1n) is 6.02. The van der Waals surface area contributed by atoms with Gasteiger partial charge < -0.3 is 0 Å². The molecule has 0 saturated heterocycles. The van der Waals surface area contributed by atoms with Crippen LogP contribution in [0, 0.1) is 6.92 Å². The van der Waals surface area contributed by atoms with Gasteiger partial charge >= 0.3 is 0 Å². The van der Waals surface area contributed by atoms with E-state index in [1.807, 2.05) is 6.92 Å². The topological polar surface area (TPSA) is 59.1 Å². The van der Waals surface area contributed by atoms with E-state index in [0.29, 0.717) is 5.69 Å². The molecule has 0 fully saturated rings. The van der Waals surface area contributed by atoms with Gasteiger partial charge in [0.25, 0.3) is 10.0 Å². The third-order valence-electron chi connectivity index (χ3n) is 2.57. The van der Waals surface area contributed by atoms with Crippen LogP contribution in [0.25, 0.3) is 0 Å². The van der Waals surface area contributed by atoms with Crippen molar-refractivity contribution in [1.82, 2.24) is 9.71 Å². The van der Waals surface area contributed by atoms with Crippen LogP contribution in [-0.2, 0) is 10.0 Å². The minimum Gasteiger partial charge on any atom is -0.229 e. The van der Waals surface area contributed by atoms with E-state index in [1.54, 1.807) is 6.92 Å². The van der Waals surface area contributed by atoms with Crippen LogP contribution in [0.2, 0.25) is 4.47 Å². The van der Waals surface area contributed by atoms with Gasteiger partial charge in [0.15, 0.2) is 8.68 Å². The summed E-state index contributed by atoms with van der Waals surface area (Å²) in [6, 6.07) is -0.0678. The molecule has 7 heteroatoms. The smallest absolute Gasteiger partial charge is 0.229 e. The normalized spacial score (nSPS) is 13.8. The molecular formula is C11H19ClN2O2S2. The van der Waals surface area contributed by atoms with Crippen molar-refractivity contribution >= 4 is 33.0 Å². The van der Waals surface area contributed by atoms with Crippen molar-refractivity contribution in [2.45, 2.75) is 56.7 Å². The third-order valence-corrected chi connectivity index (χ3v) is 6.03. The highest BCUT2D eigenvalue weighted by Gasteiger charge is 2.23. The summed E-state index contributed by atoms with van der Waals surface area (Å²) in [5.74, 6) is 0. The van der Waals surface area contributed by atoms with Gasteiger partial charge in [-0.2, -0.15) is 0 Å². The van der Waals surface area contributed by atoms with Crippen molar-refractivity contribution < 1.29 is 8.42 Å². The standard InChI is InChI=1S/C11H19ClN2O2S2/c1-4-5-6-7-8(2)14-18(15,16)10-9(3)13-11(12)17-10/h8,14H,4-7H2,1-3H3. The number of hydrogen-bond acceptors (Lipinski definition) is 4. The van der Waals surface area contributed by atoms with Crippen molar-refractivity contribution in [3.8, 4) is 0 Å². The molecule has 0 saturated carbocycles. The predicted molar refractivity (Wildman–Crippen MR) is 75.8 cm³/mol. The number of unbranched alkanes of at least 4 members (excludes halogenated alkanes) is 2. The molecule has 0 aliphatic rings. The van der Waals surface area contributed by atoms with Gasteiger partial charge in [-0.15, -0.1) is 0 Å². The number of rotatable bonds is 7. The van der Waals surface area contributed by atoms with Crippen LogP contribution in [0.1, 0.15) is 45.2 Å². The van der Waals surface area contributed by atoms with Crippen molar-refractivity contribution in [2.24, 2.45) is 0 Å². The molecule has 0 radical (unpaired) electrons. The SMILES string of the molecule is CCCCCC(C)NS(=O)(=O)c1sc(Cl)nc1C. The average Bonchev–Trinajstić information content (AvgIpc) is 2.58. The minimum atomic E-state index is -3.48. The van der Waals surface area contributed by atoms with E-state index >= 15 is 0 Å². The molecule has 18 heavy (non-hydrogen) atoms. The zero-order valence-corrected chi connectivity index (χ0v) is 13.3. The Morgan fingerprint density at radius 3 is 2.61 bits per heavy atom. The summed E-state index contributed by atoms with van der Waals surface area (Å²) in [6.45, 7) is 5.65. The lowest BCUT2D eigenvalue weighted by Crippen LogP contribution is -2.32. The first-order valence-corrected chi connectivity index (χ1v) is 8.70. The minimum absolute atomic E-state index is 0.0678. The van der Waals surface area contributed by atoms with E-state index in [4.69, 9.17) is 11.6 Å². The third kappa shape index (κ3) is 4.50. The fourth-order valence-corrected chi connectivity index (χ4v) is 4.71. The molecule has 4 nitrogen and oxygen atoms in total. The quantitative estimate of drug-likeness (QED) is 0.786. The second kappa shape index (κ2) is 6.84. The number of nitrogens with zero attached hydrogens (tertiary/aromatic N) is 1. The molecule has 104 valence electrons. The van der Waals surface area contributed by atoms with Crippen molar-refractivity contribution in [2.75, 3.05) is 0 Å². The highest BCUT2D eigenvalue weighted by molar-refractivity contribution is 7.91. The molecule has 1 aromatic rings. The molecule has 0 bridgehead atoms. The molecule has 0 amide bonds. The van der Waals surface area contributed by atoms with Gasteiger partial charge in [0.2, 0.25) is 0 Å². The summed E-state index contributed by atoms with van der Waals surface area (Å²) < 4.78 is 27.4. The molecule has 0 aromatic carbocycles. The molecule has 1 unspecified atom stereocenters. The number of sulfonamides is 1. The first kappa shape index (κ1) is 15.9. The largest absolute Gasteiger partial charge is 0.252 e. The Morgan fingerprint density at radius 2 is 2.11 bits per heavy atom. The molecule has 1 N–H and O–H groups in total. The Balaban J connectivity index is 2.67. The van der Waals surface area contributed by atoms with Crippen LogP contribution in [-0.4, -0.2) is 19.4 Å². The second-order valence-electron chi connectivity index (χ2n) is 4.36. The number of hydrogen-bond donors (Lipinski definition) is 1. The van der Waals surface area contributed by atoms with Crippen LogP contribution in [0.3, 0.4) is 0 Å². The van der Waals surface area contributed by atoms with Crippen LogP contribution in [0.15, 0.2) is 4.21 Å².